The Morgan fingerprint density at radius 2 is 1.79 bits per heavy atom. The van der Waals surface area contributed by atoms with Crippen LogP contribution in [0.25, 0.3) is 28.5 Å². The first-order chi connectivity index (χ1) is 13.8. The average Bonchev–Trinajstić information content (AvgIpc) is 3.25. The van der Waals surface area contributed by atoms with Gasteiger partial charge in [-0.3, -0.25) is 0 Å². The molecular formula is C22H16BrN3O2S. The molecule has 0 saturated heterocycles. The van der Waals surface area contributed by atoms with Crippen LogP contribution in [0.5, 0.6) is 5.75 Å². The number of halogens is 1. The second-order valence-corrected chi connectivity index (χ2v) is 6.16. The summed E-state index contributed by atoms with van der Waals surface area (Å²) in [6.45, 7) is 0. The van der Waals surface area contributed by atoms with Gasteiger partial charge in [0.25, 0.3) is 0 Å². The zero-order valence-electron chi connectivity index (χ0n) is 15.4. The quantitative estimate of drug-likeness (QED) is 0.257. The molecule has 0 N–H and O–H groups in total. The van der Waals surface area contributed by atoms with Crippen molar-refractivity contribution in [3.63, 3.8) is 0 Å². The number of thiocarbonyl (C=S) groups is 1. The SMILES string of the molecule is COc1ccc(-c2cnc(-c3cc[n+](-c4cccc(N=C=S)c4)cc3)o2)cc1.[Br-]. The van der Waals surface area contributed by atoms with Crippen LogP contribution in [0.15, 0.2) is 88.7 Å². The smallest absolute Gasteiger partial charge is 0.227 e. The first kappa shape index (κ1) is 20.6. The van der Waals surface area contributed by atoms with Crippen molar-refractivity contribution in [1.29, 1.82) is 0 Å². The van der Waals surface area contributed by atoms with Gasteiger partial charge in [0.15, 0.2) is 18.2 Å². The third-order valence-electron chi connectivity index (χ3n) is 4.26. The second-order valence-electron chi connectivity index (χ2n) is 5.98. The number of aliphatic imine (C=N–C) groups is 1. The highest BCUT2D eigenvalue weighted by Gasteiger charge is 2.12. The lowest BCUT2D eigenvalue weighted by Gasteiger charge is -2.00. The molecule has 4 rings (SSSR count). The Morgan fingerprint density at radius 3 is 2.48 bits per heavy atom. The van der Waals surface area contributed by atoms with E-state index in [-0.39, 0.29) is 17.0 Å². The van der Waals surface area contributed by atoms with E-state index in [4.69, 9.17) is 9.15 Å². The topological polar surface area (TPSA) is 51.5 Å². The molecule has 0 aliphatic rings. The fourth-order valence-corrected chi connectivity index (χ4v) is 2.92. The van der Waals surface area contributed by atoms with Gasteiger partial charge < -0.3 is 26.1 Å². The van der Waals surface area contributed by atoms with E-state index in [9.17, 15) is 0 Å². The first-order valence-electron chi connectivity index (χ1n) is 8.57. The molecule has 0 spiro atoms. The minimum absolute atomic E-state index is 0. The van der Waals surface area contributed by atoms with Crippen LogP contribution >= 0.6 is 12.2 Å². The van der Waals surface area contributed by atoms with E-state index >= 15 is 0 Å². The summed E-state index contributed by atoms with van der Waals surface area (Å²) < 4.78 is 13.1. The third kappa shape index (κ3) is 4.66. The normalized spacial score (nSPS) is 9.97. The zero-order chi connectivity index (χ0) is 19.3. The summed E-state index contributed by atoms with van der Waals surface area (Å²) in [5.74, 6) is 2.08. The van der Waals surface area contributed by atoms with Crippen molar-refractivity contribution in [3.8, 4) is 34.2 Å². The summed E-state index contributed by atoms with van der Waals surface area (Å²) in [6, 6.07) is 19.3. The van der Waals surface area contributed by atoms with Gasteiger partial charge in [0.1, 0.15) is 5.75 Å². The van der Waals surface area contributed by atoms with Crippen molar-refractivity contribution in [2.24, 2.45) is 4.99 Å². The van der Waals surface area contributed by atoms with E-state index in [1.165, 1.54) is 0 Å². The molecule has 2 aromatic heterocycles. The predicted molar refractivity (Wildman–Crippen MR) is 110 cm³/mol. The summed E-state index contributed by atoms with van der Waals surface area (Å²) in [5.41, 5.74) is 3.58. The number of methoxy groups -OCH3 is 1. The van der Waals surface area contributed by atoms with Gasteiger partial charge >= 0.3 is 0 Å². The maximum Gasteiger partial charge on any atom is 0.227 e. The van der Waals surface area contributed by atoms with Crippen molar-refractivity contribution in [1.82, 2.24) is 4.98 Å². The molecule has 0 fully saturated rings. The number of ether oxygens (including phenoxy) is 1. The Balaban J connectivity index is 0.00000240. The molecule has 0 unspecified atom stereocenters. The van der Waals surface area contributed by atoms with Crippen LogP contribution in [0, 0.1) is 0 Å². The molecule has 0 saturated carbocycles. The van der Waals surface area contributed by atoms with Gasteiger partial charge in [0.05, 0.1) is 24.2 Å². The number of oxazole rings is 1. The van der Waals surface area contributed by atoms with Gasteiger partial charge in [-0.05, 0) is 42.5 Å². The van der Waals surface area contributed by atoms with E-state index in [2.05, 4.69) is 27.4 Å². The molecule has 2 aromatic carbocycles. The lowest BCUT2D eigenvalue weighted by molar-refractivity contribution is -0.595. The van der Waals surface area contributed by atoms with Crippen LogP contribution in [-0.2, 0) is 0 Å². The molecule has 5 nitrogen and oxygen atoms in total. The van der Waals surface area contributed by atoms with E-state index in [0.717, 1.165) is 28.3 Å². The predicted octanol–water partition coefficient (Wildman–Crippen LogP) is 2.03. The zero-order valence-corrected chi connectivity index (χ0v) is 17.9. The largest absolute Gasteiger partial charge is 1.00 e. The van der Waals surface area contributed by atoms with Gasteiger partial charge in [-0.2, -0.15) is 9.56 Å². The second kappa shape index (κ2) is 9.39. The molecule has 0 bridgehead atoms. The Bertz CT molecular complexity index is 1150. The molecule has 2 heterocycles. The molecule has 4 aromatic rings. The Morgan fingerprint density at radius 1 is 1.03 bits per heavy atom. The molecule has 0 radical (unpaired) electrons. The van der Waals surface area contributed by atoms with Crippen LogP contribution in [0.4, 0.5) is 5.69 Å². The van der Waals surface area contributed by atoms with Crippen molar-refractivity contribution in [2.75, 3.05) is 7.11 Å². The van der Waals surface area contributed by atoms with Crippen molar-refractivity contribution < 1.29 is 30.7 Å². The summed E-state index contributed by atoms with van der Waals surface area (Å²) in [7, 11) is 1.64. The number of aromatic nitrogens is 2. The molecule has 144 valence electrons. The van der Waals surface area contributed by atoms with E-state index in [1.807, 2.05) is 77.6 Å². The maximum atomic E-state index is 5.93. The third-order valence-corrected chi connectivity index (χ3v) is 4.35. The van der Waals surface area contributed by atoms with E-state index in [0.29, 0.717) is 11.7 Å². The highest BCUT2D eigenvalue weighted by Crippen LogP contribution is 2.27. The summed E-state index contributed by atoms with van der Waals surface area (Å²) in [5, 5.41) is 2.39. The number of pyridine rings is 1. The number of rotatable bonds is 5. The minimum atomic E-state index is 0. The Kier molecular flexibility index (Phi) is 6.67. The van der Waals surface area contributed by atoms with Crippen LogP contribution in [0.2, 0.25) is 0 Å². The van der Waals surface area contributed by atoms with Crippen LogP contribution in [0.1, 0.15) is 0 Å². The van der Waals surface area contributed by atoms with Gasteiger partial charge in [0.2, 0.25) is 11.6 Å². The molecule has 29 heavy (non-hydrogen) atoms. The Hall–Kier alpha value is -3.12. The van der Waals surface area contributed by atoms with Crippen molar-refractivity contribution in [2.45, 2.75) is 0 Å². The van der Waals surface area contributed by atoms with Crippen molar-refractivity contribution in [3.05, 3.63) is 79.3 Å². The lowest BCUT2D eigenvalue weighted by Crippen LogP contribution is -3.00. The van der Waals surface area contributed by atoms with Crippen LogP contribution in [-0.4, -0.2) is 17.3 Å². The molecular weight excluding hydrogens is 450 g/mol. The van der Waals surface area contributed by atoms with Gasteiger partial charge in [0, 0.05) is 35.4 Å². The minimum Gasteiger partial charge on any atom is -1.00 e. The van der Waals surface area contributed by atoms with Gasteiger partial charge in [-0.15, -0.1) is 0 Å². The summed E-state index contributed by atoms with van der Waals surface area (Å²) >= 11 is 4.67. The monoisotopic (exact) mass is 465 g/mol. The van der Waals surface area contributed by atoms with Gasteiger partial charge in [-0.25, -0.2) is 4.98 Å². The van der Waals surface area contributed by atoms with Gasteiger partial charge in [-0.1, -0.05) is 6.07 Å². The Labute approximate surface area is 184 Å². The van der Waals surface area contributed by atoms with Crippen molar-refractivity contribution >= 4 is 23.1 Å². The average molecular weight is 466 g/mol. The summed E-state index contributed by atoms with van der Waals surface area (Å²) in [6.07, 6.45) is 5.63. The van der Waals surface area contributed by atoms with Crippen LogP contribution < -0.4 is 26.3 Å². The number of isothiocyanates is 1. The first-order valence-corrected chi connectivity index (χ1v) is 8.98. The van der Waals surface area contributed by atoms with E-state index in [1.54, 1.807) is 13.3 Å². The fraction of sp³-hybridized carbons (Fsp3) is 0.0455. The summed E-state index contributed by atoms with van der Waals surface area (Å²) in [4.78, 5) is 8.42. The molecule has 0 aliphatic carbocycles. The number of nitrogens with zero attached hydrogens (tertiary/aromatic N) is 3. The number of benzene rings is 2. The fourth-order valence-electron chi connectivity index (χ4n) is 2.81. The molecule has 0 atom stereocenters. The number of hydrogen-bond acceptors (Lipinski definition) is 5. The molecule has 7 heteroatoms. The standard InChI is InChI=1S/C22H16N3O2S.BrH/c1-26-20-7-5-16(6-8-20)21-14-23-22(27-21)17-9-11-25(12-10-17)19-4-2-3-18(13-19)24-15-28;/h2-14H,1H3;1H/q+1;/p-1. The molecule has 0 amide bonds. The highest BCUT2D eigenvalue weighted by atomic mass is 79.9. The number of hydrogen-bond donors (Lipinski definition) is 0. The highest BCUT2D eigenvalue weighted by molar-refractivity contribution is 7.78. The van der Waals surface area contributed by atoms with E-state index < -0.39 is 0 Å². The van der Waals surface area contributed by atoms with Crippen LogP contribution in [0.3, 0.4) is 0 Å². The lowest BCUT2D eigenvalue weighted by atomic mass is 10.2. The molecule has 0 aliphatic heterocycles. The maximum absolute atomic E-state index is 5.93.